The summed E-state index contributed by atoms with van der Waals surface area (Å²) in [5.74, 6) is -0.788. The molecule has 0 radical (unpaired) electrons. The lowest BCUT2D eigenvalue weighted by molar-refractivity contribution is 0.523. The van der Waals surface area contributed by atoms with Crippen LogP contribution in [-0.4, -0.2) is 39.4 Å². The van der Waals surface area contributed by atoms with Gasteiger partial charge in [0.1, 0.15) is 28.5 Å². The topological polar surface area (TPSA) is 121 Å². The van der Waals surface area contributed by atoms with E-state index in [0.29, 0.717) is 51.1 Å². The molecule has 0 spiro atoms. The zero-order valence-corrected chi connectivity index (χ0v) is 20.2. The van der Waals surface area contributed by atoms with Crippen LogP contribution in [0.1, 0.15) is 17.0 Å². The molecule has 0 saturated heterocycles. The Balaban J connectivity index is 1.71. The maximum atomic E-state index is 13.8. The molecule has 186 valence electrons. The quantitative estimate of drug-likeness (QED) is 0.326. The first kappa shape index (κ1) is 24.0. The summed E-state index contributed by atoms with van der Waals surface area (Å²) in [5, 5.41) is 0.685. The summed E-state index contributed by atoms with van der Waals surface area (Å²) in [6, 6.07) is 6.93. The van der Waals surface area contributed by atoms with Gasteiger partial charge in [-0.2, -0.15) is 0 Å². The smallest absolute Gasteiger partial charge is 0.274 e. The van der Waals surface area contributed by atoms with Crippen LogP contribution < -0.4 is 10.3 Å². The van der Waals surface area contributed by atoms with Crippen molar-refractivity contribution in [1.29, 1.82) is 0 Å². The van der Waals surface area contributed by atoms with Crippen LogP contribution in [0.5, 0.6) is 0 Å². The van der Waals surface area contributed by atoms with Gasteiger partial charge in [-0.3, -0.25) is 9.00 Å². The molecule has 4 aromatic heterocycles. The number of nitrogens with zero attached hydrogens (tertiary/aromatic N) is 4. The highest BCUT2D eigenvalue weighted by atomic mass is 32.2. The lowest BCUT2D eigenvalue weighted by Gasteiger charge is -2.12. The van der Waals surface area contributed by atoms with Crippen LogP contribution in [0.2, 0.25) is 0 Å². The first-order valence-corrected chi connectivity index (χ1v) is 12.1. The number of benzene rings is 1. The standard InChI is InChI=1S/C24H22F2N6O3S/c1-13-29-21-15(3-6-28-36(34)35)9-20(19-12-31(2)24(33)22-18(19)4-5-27-22)30-23(21)32(13)11-14-7-16(25)10-17(26)8-14/h4-5,7-10,12,27-28H,3,6,11H2,1-2H3,(H,34,35)/p-1. The largest absolute Gasteiger partial charge is 0.760 e. The number of hydrogen-bond acceptors (Lipinski definition) is 5. The first-order chi connectivity index (χ1) is 17.2. The summed E-state index contributed by atoms with van der Waals surface area (Å²) in [4.78, 5) is 25.0. The SMILES string of the molecule is Cc1nc2c(CCNS(=O)[O-])cc(-c3cn(C)c(=O)c4[nH]ccc34)nc2n1Cc1cc(F)cc(F)c1. The van der Waals surface area contributed by atoms with Crippen molar-refractivity contribution in [2.24, 2.45) is 7.05 Å². The summed E-state index contributed by atoms with van der Waals surface area (Å²) in [7, 11) is 1.64. The van der Waals surface area contributed by atoms with Crippen molar-refractivity contribution >= 4 is 33.3 Å². The molecule has 4 heterocycles. The zero-order chi connectivity index (χ0) is 25.6. The fraction of sp³-hybridized carbons (Fsp3) is 0.208. The highest BCUT2D eigenvalue weighted by Crippen LogP contribution is 2.30. The fourth-order valence-electron chi connectivity index (χ4n) is 4.41. The molecule has 0 saturated carbocycles. The predicted molar refractivity (Wildman–Crippen MR) is 131 cm³/mol. The number of pyridine rings is 2. The number of hydrogen-bond donors (Lipinski definition) is 2. The summed E-state index contributed by atoms with van der Waals surface area (Å²) in [6.07, 6.45) is 3.69. The molecule has 1 aromatic carbocycles. The average Bonchev–Trinajstić information content (AvgIpc) is 3.41. The van der Waals surface area contributed by atoms with Gasteiger partial charge in [-0.15, -0.1) is 0 Å². The van der Waals surface area contributed by atoms with Crippen LogP contribution in [-0.2, 0) is 31.3 Å². The maximum absolute atomic E-state index is 13.8. The van der Waals surface area contributed by atoms with Gasteiger partial charge in [-0.05, 0) is 48.7 Å². The Kier molecular flexibility index (Phi) is 6.24. The maximum Gasteiger partial charge on any atom is 0.274 e. The molecule has 5 rings (SSSR count). The first-order valence-electron chi connectivity index (χ1n) is 11.0. The summed E-state index contributed by atoms with van der Waals surface area (Å²) >= 11 is -2.42. The Morgan fingerprint density at radius 3 is 2.64 bits per heavy atom. The second-order valence-corrected chi connectivity index (χ2v) is 9.22. The van der Waals surface area contributed by atoms with Crippen LogP contribution in [0.15, 0.2) is 47.5 Å². The zero-order valence-electron chi connectivity index (χ0n) is 19.3. The number of H-pyrrole nitrogens is 1. The van der Waals surface area contributed by atoms with Crippen LogP contribution in [0, 0.1) is 18.6 Å². The van der Waals surface area contributed by atoms with Gasteiger partial charge in [0.05, 0.1) is 12.2 Å². The van der Waals surface area contributed by atoms with Crippen LogP contribution in [0.25, 0.3) is 33.3 Å². The van der Waals surface area contributed by atoms with E-state index in [2.05, 4.69) is 14.7 Å². The van der Waals surface area contributed by atoms with E-state index in [1.165, 1.54) is 16.7 Å². The lowest BCUT2D eigenvalue weighted by Crippen LogP contribution is -2.19. The van der Waals surface area contributed by atoms with E-state index in [-0.39, 0.29) is 18.6 Å². The van der Waals surface area contributed by atoms with Gasteiger partial charge in [0, 0.05) is 54.3 Å². The van der Waals surface area contributed by atoms with Crippen LogP contribution in [0.4, 0.5) is 8.78 Å². The molecule has 1 atom stereocenters. The van der Waals surface area contributed by atoms with Crippen molar-refractivity contribution in [3.63, 3.8) is 0 Å². The number of aryl methyl sites for hydroxylation is 2. The van der Waals surface area contributed by atoms with Gasteiger partial charge < -0.3 is 18.7 Å². The van der Waals surface area contributed by atoms with Crippen molar-refractivity contribution in [1.82, 2.24) is 28.8 Å². The third-order valence-corrected chi connectivity index (χ3v) is 6.46. The van der Waals surface area contributed by atoms with E-state index in [1.807, 2.05) is 6.07 Å². The Bertz CT molecular complexity index is 1690. The molecule has 0 bridgehead atoms. The minimum Gasteiger partial charge on any atom is -0.760 e. The molecule has 12 heteroatoms. The Labute approximate surface area is 206 Å². The molecule has 1 unspecified atom stereocenters. The lowest BCUT2D eigenvalue weighted by atomic mass is 10.0. The highest BCUT2D eigenvalue weighted by Gasteiger charge is 2.18. The average molecular weight is 512 g/mol. The molecular formula is C24H21F2N6O3S-. The van der Waals surface area contributed by atoms with Crippen molar-refractivity contribution < 1.29 is 17.5 Å². The molecule has 0 aliphatic heterocycles. The van der Waals surface area contributed by atoms with Gasteiger partial charge in [0.2, 0.25) is 0 Å². The summed E-state index contributed by atoms with van der Waals surface area (Å²) < 4.78 is 55.3. The van der Waals surface area contributed by atoms with Gasteiger partial charge in [0.25, 0.3) is 5.56 Å². The number of fused-ring (bicyclic) bond motifs is 2. The third-order valence-electron chi connectivity index (χ3n) is 6.02. The number of rotatable bonds is 7. The van der Waals surface area contributed by atoms with E-state index in [1.54, 1.807) is 37.0 Å². The van der Waals surface area contributed by atoms with Crippen LogP contribution >= 0.6 is 0 Å². The molecular weight excluding hydrogens is 490 g/mol. The molecule has 9 nitrogen and oxygen atoms in total. The molecule has 0 aliphatic carbocycles. The van der Waals surface area contributed by atoms with E-state index >= 15 is 0 Å². The van der Waals surface area contributed by atoms with Gasteiger partial charge in [-0.25, -0.2) is 23.5 Å². The van der Waals surface area contributed by atoms with Crippen LogP contribution in [0.3, 0.4) is 0 Å². The molecule has 0 aliphatic rings. The summed E-state index contributed by atoms with van der Waals surface area (Å²) in [6.45, 7) is 2.04. The second kappa shape index (κ2) is 9.37. The van der Waals surface area contributed by atoms with E-state index in [4.69, 9.17) is 4.98 Å². The monoisotopic (exact) mass is 511 g/mol. The minimum absolute atomic E-state index is 0.128. The van der Waals surface area contributed by atoms with E-state index < -0.39 is 22.9 Å². The van der Waals surface area contributed by atoms with Crippen molar-refractivity contribution in [3.8, 4) is 11.3 Å². The fourth-order valence-corrected chi connectivity index (χ4v) is 4.68. The van der Waals surface area contributed by atoms with Crippen molar-refractivity contribution in [3.05, 3.63) is 81.7 Å². The van der Waals surface area contributed by atoms with Gasteiger partial charge in [-0.1, -0.05) is 0 Å². The summed E-state index contributed by atoms with van der Waals surface area (Å²) in [5.41, 5.74) is 3.66. The number of aromatic nitrogens is 5. The van der Waals surface area contributed by atoms with E-state index in [9.17, 15) is 22.3 Å². The molecule has 0 amide bonds. The van der Waals surface area contributed by atoms with Gasteiger partial charge >= 0.3 is 0 Å². The predicted octanol–water partition coefficient (Wildman–Crippen LogP) is 2.84. The Hall–Kier alpha value is -3.74. The van der Waals surface area contributed by atoms with E-state index in [0.717, 1.165) is 11.6 Å². The molecule has 36 heavy (non-hydrogen) atoms. The minimum atomic E-state index is -2.42. The Morgan fingerprint density at radius 1 is 1.17 bits per heavy atom. The molecule has 2 N–H and O–H groups in total. The highest BCUT2D eigenvalue weighted by molar-refractivity contribution is 7.77. The number of halogens is 2. The normalized spacial score (nSPS) is 12.6. The number of aromatic amines is 1. The van der Waals surface area contributed by atoms with Gasteiger partial charge in [0.15, 0.2) is 5.65 Å². The number of nitrogens with one attached hydrogen (secondary N) is 2. The Morgan fingerprint density at radius 2 is 1.92 bits per heavy atom. The number of imidazole rings is 1. The third kappa shape index (κ3) is 4.45. The van der Waals surface area contributed by atoms with Crippen molar-refractivity contribution in [2.75, 3.05) is 6.54 Å². The molecule has 0 fully saturated rings. The molecule has 5 aromatic rings. The van der Waals surface area contributed by atoms with Crippen molar-refractivity contribution in [2.45, 2.75) is 19.9 Å². The second-order valence-electron chi connectivity index (χ2n) is 8.47.